The van der Waals surface area contributed by atoms with E-state index < -0.39 is 0 Å². The van der Waals surface area contributed by atoms with Gasteiger partial charge in [0, 0.05) is 0 Å². The van der Waals surface area contributed by atoms with Crippen LogP contribution in [-0.2, 0) is 0 Å². The summed E-state index contributed by atoms with van der Waals surface area (Å²) >= 11 is 0. The molecular formula is C9H20P+. The van der Waals surface area contributed by atoms with Gasteiger partial charge in [-0.15, -0.1) is 0 Å². The van der Waals surface area contributed by atoms with Gasteiger partial charge in [-0.3, -0.25) is 0 Å². The Kier molecular flexibility index (Phi) is 4.20. The Bertz CT molecular complexity index is 118. The first kappa shape index (κ1) is 10.2. The Labute approximate surface area is 66.4 Å². The van der Waals surface area contributed by atoms with Crippen molar-refractivity contribution in [2.75, 3.05) is 0 Å². The van der Waals surface area contributed by atoms with Gasteiger partial charge in [0.15, 0.2) is 0 Å². The zero-order valence-electron chi connectivity index (χ0n) is 8.10. The molecule has 10 heavy (non-hydrogen) atoms. The van der Waals surface area contributed by atoms with E-state index in [9.17, 15) is 0 Å². The summed E-state index contributed by atoms with van der Waals surface area (Å²) in [5.41, 5.74) is 1.72. The summed E-state index contributed by atoms with van der Waals surface area (Å²) in [5.74, 6) is 0. The molecule has 0 amide bonds. The first-order chi connectivity index (χ1) is 4.46. The van der Waals surface area contributed by atoms with Crippen LogP contribution in [0.5, 0.6) is 0 Å². The van der Waals surface area contributed by atoms with Gasteiger partial charge in [-0.1, -0.05) is 0 Å². The lowest BCUT2D eigenvalue weighted by atomic mass is 10.5. The highest BCUT2D eigenvalue weighted by Gasteiger charge is 2.20. The van der Waals surface area contributed by atoms with Crippen molar-refractivity contribution >= 4 is 12.8 Å². The molecule has 0 fully saturated rings. The minimum atomic E-state index is 0.179. The molecule has 0 radical (unpaired) electrons. The van der Waals surface area contributed by atoms with E-state index in [1.807, 2.05) is 0 Å². The van der Waals surface area contributed by atoms with E-state index in [1.165, 1.54) is 0 Å². The first-order valence-electron chi connectivity index (χ1n) is 4.05. The van der Waals surface area contributed by atoms with Crippen LogP contribution in [0.4, 0.5) is 0 Å². The van der Waals surface area contributed by atoms with Crippen LogP contribution < -0.4 is 0 Å². The van der Waals surface area contributed by atoms with Gasteiger partial charge in [0.1, 0.15) is 11.3 Å². The summed E-state index contributed by atoms with van der Waals surface area (Å²) in [4.78, 5) is 0. The third-order valence-electron chi connectivity index (χ3n) is 1.63. The van der Waals surface area contributed by atoms with Crippen molar-refractivity contribution in [1.82, 2.24) is 0 Å². The zero-order valence-corrected chi connectivity index (χ0v) is 9.00. The number of hydrogen-bond donors (Lipinski definition) is 0. The molecule has 0 bridgehead atoms. The van der Waals surface area contributed by atoms with E-state index >= 15 is 0 Å². The first-order valence-corrected chi connectivity index (χ1v) is 5.53. The molecule has 0 aliphatic carbocycles. The molecule has 0 aromatic heterocycles. The highest BCUT2D eigenvalue weighted by Crippen LogP contribution is 2.36. The van der Waals surface area contributed by atoms with Crippen LogP contribution in [0, 0.1) is 0 Å². The van der Waals surface area contributed by atoms with Crippen LogP contribution >= 0.6 is 7.55 Å². The third-order valence-corrected chi connectivity index (χ3v) is 4.89. The van der Waals surface area contributed by atoms with Crippen LogP contribution in [0.25, 0.3) is 0 Å². The Hall–Kier alpha value is 0.170. The van der Waals surface area contributed by atoms with Gasteiger partial charge in [-0.25, -0.2) is 0 Å². The molecule has 0 nitrogen and oxygen atoms in total. The molecule has 60 valence electrons. The number of rotatable bonds is 2. The average Bonchev–Trinajstić information content (AvgIpc) is 1.59. The molecular weight excluding hydrogens is 139 g/mol. The Balaban J connectivity index is 4.44. The van der Waals surface area contributed by atoms with Crippen molar-refractivity contribution in [1.29, 1.82) is 0 Å². The summed E-state index contributed by atoms with van der Waals surface area (Å²) < 4.78 is 0. The Morgan fingerprint density at radius 1 is 0.900 bits per heavy atom. The average molecular weight is 159 g/mol. The quantitative estimate of drug-likeness (QED) is 0.541. The molecule has 0 spiro atoms. The molecule has 0 heterocycles. The van der Waals surface area contributed by atoms with Crippen molar-refractivity contribution in [2.24, 2.45) is 0 Å². The van der Waals surface area contributed by atoms with Gasteiger partial charge >= 0.3 is 0 Å². The highest BCUT2D eigenvalue weighted by molar-refractivity contribution is 7.60. The molecule has 0 aliphatic rings. The van der Waals surface area contributed by atoms with Gasteiger partial charge < -0.3 is 0 Å². The fourth-order valence-electron chi connectivity index (χ4n) is 1.63. The molecule has 0 N–H and O–H groups in total. The van der Waals surface area contributed by atoms with Crippen molar-refractivity contribution in [3.8, 4) is 0 Å². The minimum Gasteiger partial charge on any atom is -0.0216 e. The molecule has 0 aromatic rings. The lowest BCUT2D eigenvalue weighted by molar-refractivity contribution is 1.03. The van der Waals surface area contributed by atoms with E-state index in [2.05, 4.69) is 41.5 Å². The maximum Gasteiger partial charge on any atom is 0.111 e. The van der Waals surface area contributed by atoms with Gasteiger partial charge in [-0.05, 0) is 41.5 Å². The molecule has 0 saturated carbocycles. The van der Waals surface area contributed by atoms with Gasteiger partial charge in [0.25, 0.3) is 0 Å². The third kappa shape index (κ3) is 2.84. The van der Waals surface area contributed by atoms with Crippen molar-refractivity contribution in [2.45, 2.75) is 52.9 Å². The molecule has 0 aliphatic heterocycles. The molecule has 0 saturated heterocycles. The molecule has 0 rings (SSSR count). The van der Waals surface area contributed by atoms with Crippen molar-refractivity contribution < 1.29 is 0 Å². The predicted molar refractivity (Wildman–Crippen MR) is 53.5 cm³/mol. The van der Waals surface area contributed by atoms with Crippen LogP contribution in [0.15, 0.2) is 0 Å². The van der Waals surface area contributed by atoms with Gasteiger partial charge in [0.2, 0.25) is 0 Å². The highest BCUT2D eigenvalue weighted by atomic mass is 31.1. The summed E-state index contributed by atoms with van der Waals surface area (Å²) in [7, 11) is 0.179. The SMILES string of the molecule is CC(C)=[P+](C(C)C)C(C)C. The van der Waals surface area contributed by atoms with Crippen LogP contribution in [0.1, 0.15) is 41.5 Å². The van der Waals surface area contributed by atoms with E-state index in [1.54, 1.807) is 5.29 Å². The smallest absolute Gasteiger partial charge is 0.0216 e. The van der Waals surface area contributed by atoms with E-state index in [-0.39, 0.29) is 7.55 Å². The number of hydrogen-bond acceptors (Lipinski definition) is 0. The maximum absolute atomic E-state index is 2.33. The largest absolute Gasteiger partial charge is 0.111 e. The second-order valence-corrected chi connectivity index (χ2v) is 7.32. The zero-order chi connectivity index (χ0) is 8.31. The molecule has 0 atom stereocenters. The molecule has 1 heteroatoms. The molecule has 0 unspecified atom stereocenters. The Morgan fingerprint density at radius 2 is 1.20 bits per heavy atom. The maximum atomic E-state index is 2.33. The normalized spacial score (nSPS) is 10.8. The van der Waals surface area contributed by atoms with Crippen LogP contribution in [-0.4, -0.2) is 16.6 Å². The summed E-state index contributed by atoms with van der Waals surface area (Å²) in [6, 6.07) is 0. The Morgan fingerprint density at radius 3 is 1.20 bits per heavy atom. The van der Waals surface area contributed by atoms with E-state index in [0.717, 1.165) is 11.3 Å². The van der Waals surface area contributed by atoms with Gasteiger partial charge in [0.05, 0.1) is 12.8 Å². The van der Waals surface area contributed by atoms with E-state index in [4.69, 9.17) is 0 Å². The van der Waals surface area contributed by atoms with E-state index in [0.29, 0.717) is 0 Å². The summed E-state index contributed by atoms with van der Waals surface area (Å²) in [5, 5.41) is 1.64. The van der Waals surface area contributed by atoms with Crippen molar-refractivity contribution in [3.63, 3.8) is 0 Å². The second-order valence-electron chi connectivity index (χ2n) is 3.54. The second kappa shape index (κ2) is 4.13. The lowest BCUT2D eigenvalue weighted by Gasteiger charge is -2.04. The van der Waals surface area contributed by atoms with Gasteiger partial charge in [-0.2, -0.15) is 0 Å². The minimum absolute atomic E-state index is 0.179. The van der Waals surface area contributed by atoms with Crippen molar-refractivity contribution in [3.05, 3.63) is 0 Å². The molecule has 0 aromatic carbocycles. The summed E-state index contributed by atoms with van der Waals surface area (Å²) in [6.07, 6.45) is 0. The predicted octanol–water partition coefficient (Wildman–Crippen LogP) is 3.50. The lowest BCUT2D eigenvalue weighted by Crippen LogP contribution is -2.01. The fourth-order valence-corrected chi connectivity index (χ4v) is 4.89. The fraction of sp³-hybridized carbons (Fsp3) is 0.889. The van der Waals surface area contributed by atoms with Crippen LogP contribution in [0.2, 0.25) is 0 Å². The monoisotopic (exact) mass is 159 g/mol. The topological polar surface area (TPSA) is 0 Å². The summed E-state index contributed by atoms with van der Waals surface area (Å²) in [6.45, 7) is 13.9. The standard InChI is InChI=1S/C9H20P/c1-7(2)10(8(3)4)9(5)6/h7-8H,1-6H3/q+1. The van der Waals surface area contributed by atoms with Crippen LogP contribution in [0.3, 0.4) is 0 Å².